The van der Waals surface area contributed by atoms with Crippen LogP contribution in [-0.4, -0.2) is 26.8 Å². The lowest BCUT2D eigenvalue weighted by atomic mass is 9.83. The van der Waals surface area contributed by atoms with Gasteiger partial charge >= 0.3 is 0 Å². The molecule has 0 aromatic rings. The van der Waals surface area contributed by atoms with Gasteiger partial charge in [0.25, 0.3) is 0 Å². The molecule has 0 amide bonds. The second kappa shape index (κ2) is 6.49. The van der Waals surface area contributed by atoms with Crippen LogP contribution in [0.2, 0.25) is 0 Å². The molecule has 0 aliphatic heterocycles. The van der Waals surface area contributed by atoms with E-state index in [0.717, 1.165) is 13.2 Å². The molecule has 0 radical (unpaired) electrons. The summed E-state index contributed by atoms with van der Waals surface area (Å²) in [5.41, 5.74) is 0.618. The fourth-order valence-corrected chi connectivity index (χ4v) is 2.71. The van der Waals surface area contributed by atoms with Crippen molar-refractivity contribution < 1.29 is 4.74 Å². The largest absolute Gasteiger partial charge is 0.384 e. The maximum Gasteiger partial charge on any atom is 0.0499 e. The highest BCUT2D eigenvalue weighted by Crippen LogP contribution is 2.40. The Morgan fingerprint density at radius 3 is 2.53 bits per heavy atom. The average Bonchev–Trinajstić information content (AvgIpc) is 2.68. The van der Waals surface area contributed by atoms with Crippen molar-refractivity contribution in [3.63, 3.8) is 0 Å². The van der Waals surface area contributed by atoms with E-state index in [-0.39, 0.29) is 0 Å². The van der Waals surface area contributed by atoms with Gasteiger partial charge in [0.05, 0.1) is 0 Å². The van der Waals surface area contributed by atoms with E-state index in [1.54, 1.807) is 7.11 Å². The van der Waals surface area contributed by atoms with Crippen molar-refractivity contribution >= 4 is 0 Å². The van der Waals surface area contributed by atoms with Crippen LogP contribution in [0.25, 0.3) is 0 Å². The molecule has 0 saturated heterocycles. The third-order valence-corrected chi connectivity index (χ3v) is 3.86. The van der Waals surface area contributed by atoms with Crippen LogP contribution in [0.4, 0.5) is 0 Å². The molecule has 1 atom stereocenters. The highest BCUT2D eigenvalue weighted by Gasteiger charge is 2.31. The van der Waals surface area contributed by atoms with Gasteiger partial charge in [0.15, 0.2) is 0 Å². The lowest BCUT2D eigenvalue weighted by molar-refractivity contribution is 0.154. The van der Waals surface area contributed by atoms with Crippen LogP contribution in [0.3, 0.4) is 0 Å². The topological polar surface area (TPSA) is 21.3 Å². The summed E-state index contributed by atoms with van der Waals surface area (Å²) in [6.07, 6.45) is 7.05. The molecule has 1 aliphatic rings. The van der Waals surface area contributed by atoms with Gasteiger partial charge in [-0.05, 0) is 37.1 Å². The predicted molar refractivity (Wildman–Crippen MR) is 65.1 cm³/mol. The first-order chi connectivity index (χ1) is 7.22. The van der Waals surface area contributed by atoms with Crippen molar-refractivity contribution in [1.29, 1.82) is 0 Å². The molecular weight excluding hydrogens is 186 g/mol. The van der Waals surface area contributed by atoms with Gasteiger partial charge in [-0.2, -0.15) is 0 Å². The molecule has 90 valence electrons. The quantitative estimate of drug-likeness (QED) is 0.702. The van der Waals surface area contributed by atoms with Crippen LogP contribution in [0.1, 0.15) is 46.0 Å². The van der Waals surface area contributed by atoms with E-state index < -0.39 is 0 Å². The van der Waals surface area contributed by atoms with Crippen molar-refractivity contribution in [3.05, 3.63) is 0 Å². The first-order valence-electron chi connectivity index (χ1n) is 6.42. The molecule has 15 heavy (non-hydrogen) atoms. The summed E-state index contributed by atoms with van der Waals surface area (Å²) in [6.45, 7) is 7.74. The van der Waals surface area contributed by atoms with Crippen LogP contribution >= 0.6 is 0 Å². The molecule has 0 aromatic heterocycles. The summed E-state index contributed by atoms with van der Waals surface area (Å²) in [5.74, 6) is 0.630. The number of hydrogen-bond donors (Lipinski definition) is 1. The normalized spacial score (nSPS) is 21.8. The molecule has 0 spiro atoms. The number of hydrogen-bond acceptors (Lipinski definition) is 2. The maximum absolute atomic E-state index is 5.14. The van der Waals surface area contributed by atoms with E-state index in [2.05, 4.69) is 19.2 Å². The third-order valence-electron chi connectivity index (χ3n) is 3.86. The lowest BCUT2D eigenvalue weighted by Crippen LogP contribution is -2.34. The molecule has 2 heteroatoms. The Balaban J connectivity index is 2.17. The third kappa shape index (κ3) is 4.12. The predicted octanol–water partition coefficient (Wildman–Crippen LogP) is 2.83. The van der Waals surface area contributed by atoms with Crippen molar-refractivity contribution in [2.24, 2.45) is 11.3 Å². The number of methoxy groups -OCH3 is 1. The summed E-state index contributed by atoms with van der Waals surface area (Å²) in [7, 11) is 1.78. The number of nitrogens with one attached hydrogen (secondary N) is 1. The number of ether oxygens (including phenoxy) is 1. The van der Waals surface area contributed by atoms with Crippen LogP contribution in [-0.2, 0) is 4.74 Å². The van der Waals surface area contributed by atoms with E-state index in [1.807, 2.05) is 0 Å². The van der Waals surface area contributed by atoms with Crippen LogP contribution in [0.5, 0.6) is 0 Å². The SMILES string of the molecule is CCC1(CNCC(C)COC)CCCC1. The highest BCUT2D eigenvalue weighted by molar-refractivity contribution is 4.85. The monoisotopic (exact) mass is 213 g/mol. The van der Waals surface area contributed by atoms with Gasteiger partial charge in [-0.1, -0.05) is 26.7 Å². The molecule has 1 saturated carbocycles. The van der Waals surface area contributed by atoms with Gasteiger partial charge in [0, 0.05) is 20.3 Å². The zero-order valence-electron chi connectivity index (χ0n) is 10.6. The molecule has 0 aromatic carbocycles. The van der Waals surface area contributed by atoms with Crippen molar-refractivity contribution in [2.75, 3.05) is 26.8 Å². The van der Waals surface area contributed by atoms with Crippen molar-refractivity contribution in [3.8, 4) is 0 Å². The summed E-state index contributed by atoms with van der Waals surface area (Å²) >= 11 is 0. The van der Waals surface area contributed by atoms with Crippen molar-refractivity contribution in [1.82, 2.24) is 5.32 Å². The minimum absolute atomic E-state index is 0.618. The fourth-order valence-electron chi connectivity index (χ4n) is 2.71. The Morgan fingerprint density at radius 2 is 2.00 bits per heavy atom. The van der Waals surface area contributed by atoms with Gasteiger partial charge < -0.3 is 10.1 Å². The van der Waals surface area contributed by atoms with Gasteiger partial charge in [-0.15, -0.1) is 0 Å². The molecule has 0 heterocycles. The Kier molecular flexibility index (Phi) is 5.62. The lowest BCUT2D eigenvalue weighted by Gasteiger charge is -2.28. The molecule has 1 fully saturated rings. The zero-order chi connectivity index (χ0) is 11.1. The zero-order valence-corrected chi connectivity index (χ0v) is 10.6. The minimum Gasteiger partial charge on any atom is -0.384 e. The molecule has 1 N–H and O–H groups in total. The Morgan fingerprint density at radius 1 is 1.33 bits per heavy atom. The first-order valence-corrected chi connectivity index (χ1v) is 6.42. The molecule has 0 bridgehead atoms. The standard InChI is InChI=1S/C13H27NO/c1-4-13(7-5-6-8-13)11-14-9-12(2)10-15-3/h12,14H,4-11H2,1-3H3. The molecular formula is C13H27NO. The molecule has 2 nitrogen and oxygen atoms in total. The Labute approximate surface area is 94.8 Å². The van der Waals surface area contributed by atoms with Crippen molar-refractivity contribution in [2.45, 2.75) is 46.0 Å². The van der Waals surface area contributed by atoms with Crippen LogP contribution in [0.15, 0.2) is 0 Å². The van der Waals surface area contributed by atoms with E-state index in [4.69, 9.17) is 4.74 Å². The smallest absolute Gasteiger partial charge is 0.0499 e. The van der Waals surface area contributed by atoms with Crippen LogP contribution in [0, 0.1) is 11.3 Å². The summed E-state index contributed by atoms with van der Waals surface area (Å²) in [5, 5.41) is 3.62. The summed E-state index contributed by atoms with van der Waals surface area (Å²) < 4.78 is 5.14. The van der Waals surface area contributed by atoms with Gasteiger partial charge in [0.2, 0.25) is 0 Å². The number of rotatable bonds is 7. The van der Waals surface area contributed by atoms with E-state index >= 15 is 0 Å². The summed E-state index contributed by atoms with van der Waals surface area (Å²) in [6, 6.07) is 0. The highest BCUT2D eigenvalue weighted by atomic mass is 16.5. The second-order valence-electron chi connectivity index (χ2n) is 5.25. The van der Waals surface area contributed by atoms with Gasteiger partial charge in [0.1, 0.15) is 0 Å². The van der Waals surface area contributed by atoms with Gasteiger partial charge in [-0.3, -0.25) is 0 Å². The Bertz CT molecular complexity index is 164. The molecule has 1 rings (SSSR count). The maximum atomic E-state index is 5.14. The van der Waals surface area contributed by atoms with E-state index in [9.17, 15) is 0 Å². The first kappa shape index (κ1) is 13.0. The average molecular weight is 213 g/mol. The van der Waals surface area contributed by atoms with E-state index in [0.29, 0.717) is 11.3 Å². The van der Waals surface area contributed by atoms with Crippen LogP contribution < -0.4 is 5.32 Å². The molecule has 1 unspecified atom stereocenters. The second-order valence-corrected chi connectivity index (χ2v) is 5.25. The van der Waals surface area contributed by atoms with E-state index in [1.165, 1.54) is 38.6 Å². The molecule has 1 aliphatic carbocycles. The summed E-state index contributed by atoms with van der Waals surface area (Å²) in [4.78, 5) is 0. The Hall–Kier alpha value is -0.0800. The minimum atomic E-state index is 0.618. The van der Waals surface area contributed by atoms with Gasteiger partial charge in [-0.25, -0.2) is 0 Å². The fraction of sp³-hybridized carbons (Fsp3) is 1.00.